The molecule has 3 aromatic rings. The number of aromatic hydroxyl groups is 1. The van der Waals surface area contributed by atoms with Gasteiger partial charge in [-0.1, -0.05) is 0 Å². The van der Waals surface area contributed by atoms with Gasteiger partial charge < -0.3 is 10.1 Å². The third kappa shape index (κ3) is 1.38. The van der Waals surface area contributed by atoms with Crippen LogP contribution in [-0.2, 0) is 0 Å². The molecule has 0 bridgehead atoms. The number of H-pyrrole nitrogens is 1. The number of nitrogens with one attached hydrogen (secondary N) is 1. The summed E-state index contributed by atoms with van der Waals surface area (Å²) in [5.41, 5.74) is 2.29. The van der Waals surface area contributed by atoms with E-state index in [1.807, 2.05) is 0 Å². The summed E-state index contributed by atoms with van der Waals surface area (Å²) in [6.45, 7) is 0. The fourth-order valence-electron chi connectivity index (χ4n) is 1.49. The minimum Gasteiger partial charge on any atom is -0.508 e. The van der Waals surface area contributed by atoms with E-state index in [2.05, 4.69) is 19.9 Å². The summed E-state index contributed by atoms with van der Waals surface area (Å²) >= 11 is 0. The number of aromatic amines is 1. The zero-order chi connectivity index (χ0) is 11.0. The number of phenolic OH excluding ortho intramolecular Hbond substituents is 1. The molecule has 0 saturated heterocycles. The van der Waals surface area contributed by atoms with Crippen molar-refractivity contribution in [3.8, 4) is 17.1 Å². The Hall–Kier alpha value is -2.43. The molecule has 2 N–H and O–H groups in total. The Bertz CT molecular complexity index is 630. The lowest BCUT2D eigenvalue weighted by Gasteiger charge is -1.99. The Morgan fingerprint density at radius 2 is 1.88 bits per heavy atom. The molecule has 0 aliphatic heterocycles. The molecule has 16 heavy (non-hydrogen) atoms. The van der Waals surface area contributed by atoms with Crippen molar-refractivity contribution in [1.29, 1.82) is 0 Å². The summed E-state index contributed by atoms with van der Waals surface area (Å²) in [5, 5.41) is 9.18. The molecule has 0 aliphatic carbocycles. The Morgan fingerprint density at radius 1 is 1.06 bits per heavy atom. The number of aromatic nitrogens is 4. The van der Waals surface area contributed by atoms with Gasteiger partial charge in [-0.3, -0.25) is 0 Å². The SMILES string of the molecule is Oc1ccc(-c2ncc3[nH]cnc3n2)cc1. The normalized spacial score (nSPS) is 10.8. The molecule has 0 atom stereocenters. The minimum absolute atomic E-state index is 0.226. The minimum atomic E-state index is 0.226. The van der Waals surface area contributed by atoms with Gasteiger partial charge in [-0.25, -0.2) is 15.0 Å². The van der Waals surface area contributed by atoms with Gasteiger partial charge >= 0.3 is 0 Å². The molecule has 0 spiro atoms. The van der Waals surface area contributed by atoms with E-state index in [1.165, 1.54) is 0 Å². The lowest BCUT2D eigenvalue weighted by molar-refractivity contribution is 0.475. The maximum absolute atomic E-state index is 9.18. The number of benzene rings is 1. The van der Waals surface area contributed by atoms with Crippen LogP contribution in [0.15, 0.2) is 36.8 Å². The summed E-state index contributed by atoms with van der Waals surface area (Å²) in [5.74, 6) is 0.823. The van der Waals surface area contributed by atoms with Crippen LogP contribution >= 0.6 is 0 Å². The van der Waals surface area contributed by atoms with Crippen LogP contribution in [0.1, 0.15) is 0 Å². The van der Waals surface area contributed by atoms with E-state index < -0.39 is 0 Å². The third-order valence-corrected chi connectivity index (χ3v) is 2.30. The van der Waals surface area contributed by atoms with Crippen LogP contribution in [0.25, 0.3) is 22.6 Å². The van der Waals surface area contributed by atoms with Gasteiger partial charge in [0.15, 0.2) is 11.5 Å². The van der Waals surface area contributed by atoms with Gasteiger partial charge in [-0.05, 0) is 24.3 Å². The summed E-state index contributed by atoms with van der Waals surface area (Å²) in [7, 11) is 0. The lowest BCUT2D eigenvalue weighted by Crippen LogP contribution is -1.88. The van der Waals surface area contributed by atoms with Crippen molar-refractivity contribution in [2.75, 3.05) is 0 Å². The van der Waals surface area contributed by atoms with E-state index in [9.17, 15) is 5.11 Å². The largest absolute Gasteiger partial charge is 0.508 e. The Balaban J connectivity index is 2.14. The van der Waals surface area contributed by atoms with Gasteiger partial charge in [0, 0.05) is 5.56 Å². The number of phenols is 1. The van der Waals surface area contributed by atoms with Crippen LogP contribution in [0.3, 0.4) is 0 Å². The van der Waals surface area contributed by atoms with E-state index >= 15 is 0 Å². The van der Waals surface area contributed by atoms with E-state index in [0.717, 1.165) is 11.1 Å². The molecular weight excluding hydrogens is 204 g/mol. The van der Waals surface area contributed by atoms with Gasteiger partial charge in [-0.15, -0.1) is 0 Å². The summed E-state index contributed by atoms with van der Waals surface area (Å²) in [6.07, 6.45) is 3.28. The first-order valence-electron chi connectivity index (χ1n) is 4.78. The van der Waals surface area contributed by atoms with Gasteiger partial charge in [-0.2, -0.15) is 0 Å². The van der Waals surface area contributed by atoms with E-state index in [0.29, 0.717) is 11.5 Å². The molecule has 0 amide bonds. The second-order valence-corrected chi connectivity index (χ2v) is 3.38. The molecule has 3 rings (SSSR count). The summed E-state index contributed by atoms with van der Waals surface area (Å²) in [6, 6.07) is 6.74. The highest BCUT2D eigenvalue weighted by molar-refractivity contribution is 5.71. The van der Waals surface area contributed by atoms with Crippen LogP contribution in [0.2, 0.25) is 0 Å². The van der Waals surface area contributed by atoms with Crippen molar-refractivity contribution in [2.45, 2.75) is 0 Å². The first-order valence-corrected chi connectivity index (χ1v) is 4.78. The second-order valence-electron chi connectivity index (χ2n) is 3.38. The number of fused-ring (bicyclic) bond motifs is 1. The number of imidazole rings is 1. The maximum Gasteiger partial charge on any atom is 0.181 e. The maximum atomic E-state index is 9.18. The average Bonchev–Trinajstić information content (AvgIpc) is 2.77. The highest BCUT2D eigenvalue weighted by Crippen LogP contribution is 2.19. The molecule has 0 aliphatic rings. The Labute approximate surface area is 90.8 Å². The van der Waals surface area contributed by atoms with Crippen molar-refractivity contribution >= 4 is 11.2 Å². The van der Waals surface area contributed by atoms with Crippen molar-refractivity contribution in [3.63, 3.8) is 0 Å². The molecule has 0 radical (unpaired) electrons. The first-order chi connectivity index (χ1) is 7.83. The highest BCUT2D eigenvalue weighted by Gasteiger charge is 2.04. The lowest BCUT2D eigenvalue weighted by atomic mass is 10.2. The molecule has 5 nitrogen and oxygen atoms in total. The van der Waals surface area contributed by atoms with Gasteiger partial charge in [0.25, 0.3) is 0 Å². The fraction of sp³-hybridized carbons (Fsp3) is 0. The topological polar surface area (TPSA) is 74.7 Å². The zero-order valence-corrected chi connectivity index (χ0v) is 8.25. The zero-order valence-electron chi connectivity index (χ0n) is 8.25. The predicted molar refractivity (Wildman–Crippen MR) is 58.8 cm³/mol. The van der Waals surface area contributed by atoms with Crippen LogP contribution in [-0.4, -0.2) is 25.0 Å². The number of hydrogen-bond acceptors (Lipinski definition) is 4. The van der Waals surface area contributed by atoms with Gasteiger partial charge in [0.1, 0.15) is 11.3 Å². The second kappa shape index (κ2) is 3.30. The predicted octanol–water partition coefficient (Wildman–Crippen LogP) is 1.73. The van der Waals surface area contributed by atoms with Crippen molar-refractivity contribution in [1.82, 2.24) is 19.9 Å². The Morgan fingerprint density at radius 3 is 2.69 bits per heavy atom. The molecular formula is C11H8N4O. The Kier molecular flexibility index (Phi) is 1.83. The van der Waals surface area contributed by atoms with Crippen molar-refractivity contribution in [2.24, 2.45) is 0 Å². The molecule has 5 heteroatoms. The van der Waals surface area contributed by atoms with Crippen molar-refractivity contribution in [3.05, 3.63) is 36.8 Å². The van der Waals surface area contributed by atoms with Crippen LogP contribution in [0.4, 0.5) is 0 Å². The molecule has 0 saturated carbocycles. The average molecular weight is 212 g/mol. The van der Waals surface area contributed by atoms with Crippen molar-refractivity contribution < 1.29 is 5.11 Å². The molecule has 2 heterocycles. The molecule has 78 valence electrons. The quantitative estimate of drug-likeness (QED) is 0.644. The first kappa shape index (κ1) is 8.84. The summed E-state index contributed by atoms with van der Waals surface area (Å²) in [4.78, 5) is 15.5. The highest BCUT2D eigenvalue weighted by atomic mass is 16.3. The summed E-state index contributed by atoms with van der Waals surface area (Å²) < 4.78 is 0. The molecule has 1 aromatic carbocycles. The third-order valence-electron chi connectivity index (χ3n) is 2.30. The molecule has 0 unspecified atom stereocenters. The van der Waals surface area contributed by atoms with Gasteiger partial charge in [0.05, 0.1) is 12.5 Å². The number of rotatable bonds is 1. The number of hydrogen-bond donors (Lipinski definition) is 2. The van der Waals surface area contributed by atoms with E-state index in [4.69, 9.17) is 0 Å². The van der Waals surface area contributed by atoms with Crippen LogP contribution in [0, 0.1) is 0 Å². The molecule has 2 aromatic heterocycles. The van der Waals surface area contributed by atoms with Gasteiger partial charge in [0.2, 0.25) is 0 Å². The standard InChI is InChI=1S/C11H8N4O/c16-8-3-1-7(2-4-8)10-12-5-9-11(15-10)14-6-13-9/h1-6,16H,(H,12,13,14,15). The monoisotopic (exact) mass is 212 g/mol. The smallest absolute Gasteiger partial charge is 0.181 e. The van der Waals surface area contributed by atoms with E-state index in [-0.39, 0.29) is 5.75 Å². The fourth-order valence-corrected chi connectivity index (χ4v) is 1.49. The van der Waals surface area contributed by atoms with Crippen LogP contribution < -0.4 is 0 Å². The molecule has 0 fully saturated rings. The number of nitrogens with zero attached hydrogens (tertiary/aromatic N) is 3. The van der Waals surface area contributed by atoms with Crippen LogP contribution in [0.5, 0.6) is 5.75 Å². The van der Waals surface area contributed by atoms with E-state index in [1.54, 1.807) is 36.8 Å².